The fourth-order valence-corrected chi connectivity index (χ4v) is 2.95. The molecular formula is C22H22ClNO. The fourth-order valence-electron chi connectivity index (χ4n) is 2.82. The first-order valence-electron chi connectivity index (χ1n) is 8.36. The molecule has 0 spiro atoms. The minimum atomic E-state index is -0.667. The molecule has 1 aromatic heterocycles. The average molecular weight is 352 g/mol. The molecular weight excluding hydrogens is 330 g/mol. The summed E-state index contributed by atoms with van der Waals surface area (Å²) in [4.78, 5) is 0. The van der Waals surface area contributed by atoms with Gasteiger partial charge in [-0.2, -0.15) is 0 Å². The van der Waals surface area contributed by atoms with Gasteiger partial charge in [0.1, 0.15) is 6.10 Å². The van der Waals surface area contributed by atoms with Crippen molar-refractivity contribution < 1.29 is 5.11 Å². The Labute approximate surface area is 154 Å². The van der Waals surface area contributed by atoms with Gasteiger partial charge < -0.3 is 9.67 Å². The summed E-state index contributed by atoms with van der Waals surface area (Å²) >= 11 is 6.02. The lowest BCUT2D eigenvalue weighted by atomic mass is 9.97. The average Bonchev–Trinajstić information content (AvgIpc) is 3.05. The van der Waals surface area contributed by atoms with Crippen LogP contribution >= 0.6 is 11.6 Å². The topological polar surface area (TPSA) is 25.2 Å². The van der Waals surface area contributed by atoms with E-state index in [0.29, 0.717) is 5.02 Å². The van der Waals surface area contributed by atoms with Crippen molar-refractivity contribution in [1.29, 1.82) is 0 Å². The number of aliphatic hydroxyl groups is 1. The Bertz CT molecular complexity index is 859. The lowest BCUT2D eigenvalue weighted by Gasteiger charge is -2.12. The second-order valence-corrected chi connectivity index (χ2v) is 6.86. The maximum absolute atomic E-state index is 10.9. The highest BCUT2D eigenvalue weighted by Gasteiger charge is 2.18. The van der Waals surface area contributed by atoms with Crippen LogP contribution in [0.1, 0.15) is 31.1 Å². The van der Waals surface area contributed by atoms with E-state index in [1.165, 1.54) is 5.57 Å². The number of hydrogen-bond donors (Lipinski definition) is 1. The minimum absolute atomic E-state index is 0.667. The summed E-state index contributed by atoms with van der Waals surface area (Å²) in [6.07, 6.45) is 5.62. The van der Waals surface area contributed by atoms with E-state index in [9.17, 15) is 5.11 Å². The highest BCUT2D eigenvalue weighted by Crippen LogP contribution is 2.33. The summed E-state index contributed by atoms with van der Waals surface area (Å²) < 4.78 is 2.11. The molecule has 1 heterocycles. The first kappa shape index (κ1) is 17.5. The number of rotatable bonds is 5. The molecule has 3 heteroatoms. The first-order chi connectivity index (χ1) is 12.0. The molecule has 1 unspecified atom stereocenters. The summed E-state index contributed by atoms with van der Waals surface area (Å²) in [5.74, 6) is 0. The molecule has 25 heavy (non-hydrogen) atoms. The van der Waals surface area contributed by atoms with E-state index in [0.717, 1.165) is 28.8 Å². The van der Waals surface area contributed by atoms with Gasteiger partial charge in [-0.3, -0.25) is 0 Å². The van der Waals surface area contributed by atoms with E-state index in [4.69, 9.17) is 11.6 Å². The van der Waals surface area contributed by atoms with Gasteiger partial charge in [0, 0.05) is 35.1 Å². The third-order valence-corrected chi connectivity index (χ3v) is 4.44. The predicted octanol–water partition coefficient (Wildman–Crippen LogP) is 5.86. The Morgan fingerprint density at radius 2 is 1.72 bits per heavy atom. The van der Waals surface area contributed by atoms with Crippen LogP contribution in [-0.2, 0) is 6.54 Å². The second kappa shape index (κ2) is 7.73. The van der Waals surface area contributed by atoms with Crippen LogP contribution in [0.5, 0.6) is 0 Å². The zero-order valence-electron chi connectivity index (χ0n) is 14.5. The van der Waals surface area contributed by atoms with Gasteiger partial charge in [-0.25, -0.2) is 0 Å². The highest BCUT2D eigenvalue weighted by molar-refractivity contribution is 6.30. The van der Waals surface area contributed by atoms with Crippen LogP contribution in [0.4, 0.5) is 0 Å². The van der Waals surface area contributed by atoms with Gasteiger partial charge in [0.15, 0.2) is 0 Å². The molecule has 2 nitrogen and oxygen atoms in total. The molecule has 0 aliphatic heterocycles. The molecule has 0 fully saturated rings. The number of hydrogen-bond acceptors (Lipinski definition) is 1. The summed E-state index contributed by atoms with van der Waals surface area (Å²) in [6.45, 7) is 4.96. The third-order valence-electron chi connectivity index (χ3n) is 4.19. The van der Waals surface area contributed by atoms with Crippen LogP contribution < -0.4 is 0 Å². The van der Waals surface area contributed by atoms with E-state index >= 15 is 0 Å². The van der Waals surface area contributed by atoms with E-state index in [1.807, 2.05) is 60.8 Å². The molecule has 0 aliphatic carbocycles. The van der Waals surface area contributed by atoms with Crippen molar-refractivity contribution in [2.75, 3.05) is 0 Å². The molecule has 1 N–H and O–H groups in total. The molecule has 0 radical (unpaired) electrons. The van der Waals surface area contributed by atoms with Crippen LogP contribution in [0.3, 0.4) is 0 Å². The highest BCUT2D eigenvalue weighted by atomic mass is 35.5. The predicted molar refractivity (Wildman–Crippen MR) is 105 cm³/mol. The number of allylic oxidation sites excluding steroid dienone is 2. The summed E-state index contributed by atoms with van der Waals surface area (Å²) in [7, 11) is 0. The summed E-state index contributed by atoms with van der Waals surface area (Å²) in [6, 6.07) is 17.5. The Morgan fingerprint density at radius 1 is 1.04 bits per heavy atom. The van der Waals surface area contributed by atoms with Gasteiger partial charge in [-0.15, -0.1) is 0 Å². The number of aliphatic hydroxyl groups excluding tert-OH is 1. The molecule has 0 bridgehead atoms. The maximum Gasteiger partial charge on any atom is 0.106 e. The number of halogens is 1. The molecule has 0 aliphatic rings. The van der Waals surface area contributed by atoms with Crippen molar-refractivity contribution in [2.45, 2.75) is 26.5 Å². The van der Waals surface area contributed by atoms with Gasteiger partial charge in [-0.1, -0.05) is 65.7 Å². The zero-order valence-corrected chi connectivity index (χ0v) is 15.2. The van der Waals surface area contributed by atoms with Crippen molar-refractivity contribution in [1.82, 2.24) is 4.57 Å². The fraction of sp³-hybridized carbons (Fsp3) is 0.182. The summed E-state index contributed by atoms with van der Waals surface area (Å²) in [5.41, 5.74) is 5.13. The Balaban J connectivity index is 2.05. The van der Waals surface area contributed by atoms with E-state index in [-0.39, 0.29) is 0 Å². The quantitative estimate of drug-likeness (QED) is 0.572. The number of aromatic nitrogens is 1. The molecule has 2 aromatic carbocycles. The largest absolute Gasteiger partial charge is 0.384 e. The Kier molecular flexibility index (Phi) is 5.42. The Hall–Kier alpha value is -2.29. The van der Waals surface area contributed by atoms with Crippen LogP contribution in [0.2, 0.25) is 5.02 Å². The van der Waals surface area contributed by atoms with Gasteiger partial charge >= 0.3 is 0 Å². The number of benzene rings is 2. The van der Waals surface area contributed by atoms with Gasteiger partial charge in [0.25, 0.3) is 0 Å². The molecule has 3 rings (SSSR count). The Morgan fingerprint density at radius 3 is 2.36 bits per heavy atom. The lowest BCUT2D eigenvalue weighted by Crippen LogP contribution is -2.00. The van der Waals surface area contributed by atoms with Crippen LogP contribution in [0.15, 0.2) is 78.6 Å². The maximum atomic E-state index is 10.9. The summed E-state index contributed by atoms with van der Waals surface area (Å²) in [5, 5.41) is 11.6. The van der Waals surface area contributed by atoms with Crippen molar-refractivity contribution in [3.05, 3.63) is 94.8 Å². The molecule has 0 saturated carbocycles. The molecule has 0 saturated heterocycles. The van der Waals surface area contributed by atoms with Gasteiger partial charge in [0.2, 0.25) is 0 Å². The van der Waals surface area contributed by atoms with Crippen LogP contribution in [0, 0.1) is 0 Å². The second-order valence-electron chi connectivity index (χ2n) is 6.43. The van der Waals surface area contributed by atoms with Crippen LogP contribution in [-0.4, -0.2) is 9.67 Å². The standard InChI is InChI=1S/C22H22ClNO/c1-16(2)12-13-24-14-20(17-8-10-19(23)11-9-17)21(15-24)22(25)18-6-4-3-5-7-18/h3-12,14-15,22,25H,13H2,1-2H3. The van der Waals surface area contributed by atoms with Crippen molar-refractivity contribution in [3.8, 4) is 11.1 Å². The number of nitrogens with zero attached hydrogens (tertiary/aromatic N) is 1. The van der Waals surface area contributed by atoms with Gasteiger partial charge in [0.05, 0.1) is 0 Å². The van der Waals surface area contributed by atoms with Crippen LogP contribution in [0.25, 0.3) is 11.1 Å². The normalized spacial score (nSPS) is 12.0. The SMILES string of the molecule is CC(C)=CCn1cc(-c2ccc(Cl)cc2)c(C(O)c2ccccc2)c1. The monoisotopic (exact) mass is 351 g/mol. The van der Waals surface area contributed by atoms with E-state index in [1.54, 1.807) is 0 Å². The lowest BCUT2D eigenvalue weighted by molar-refractivity contribution is 0.221. The van der Waals surface area contributed by atoms with Crippen molar-refractivity contribution in [3.63, 3.8) is 0 Å². The minimum Gasteiger partial charge on any atom is -0.384 e. The first-order valence-corrected chi connectivity index (χ1v) is 8.74. The molecule has 128 valence electrons. The zero-order chi connectivity index (χ0) is 17.8. The molecule has 3 aromatic rings. The third kappa shape index (κ3) is 4.22. The van der Waals surface area contributed by atoms with E-state index in [2.05, 4.69) is 30.7 Å². The molecule has 0 amide bonds. The van der Waals surface area contributed by atoms with Crippen molar-refractivity contribution >= 4 is 11.6 Å². The van der Waals surface area contributed by atoms with Crippen molar-refractivity contribution in [2.24, 2.45) is 0 Å². The smallest absolute Gasteiger partial charge is 0.106 e. The molecule has 1 atom stereocenters. The van der Waals surface area contributed by atoms with Gasteiger partial charge in [-0.05, 0) is 37.1 Å². The van der Waals surface area contributed by atoms with E-state index < -0.39 is 6.10 Å².